The minimum absolute atomic E-state index is 0.201. The number of carbonyl (C=O) groups is 2. The van der Waals surface area contributed by atoms with E-state index in [0.29, 0.717) is 35.7 Å². The van der Waals surface area contributed by atoms with Crippen molar-refractivity contribution in [2.75, 3.05) is 7.05 Å². The maximum absolute atomic E-state index is 14.4. The molecule has 1 saturated carbocycles. The Kier molecular flexibility index (Phi) is 8.31. The molecule has 4 rings (SSSR count). The average Bonchev–Trinajstić information content (AvgIpc) is 3.73. The number of rotatable bonds is 9. The predicted octanol–water partition coefficient (Wildman–Crippen LogP) is 6.36. The van der Waals surface area contributed by atoms with Gasteiger partial charge in [-0.15, -0.1) is 6.58 Å². The van der Waals surface area contributed by atoms with Gasteiger partial charge in [-0.1, -0.05) is 67.4 Å². The zero-order valence-corrected chi connectivity index (χ0v) is 24.3. The number of benzene rings is 2. The van der Waals surface area contributed by atoms with Crippen LogP contribution < -0.4 is 0 Å². The molecule has 4 atom stereocenters. The molecule has 2 fully saturated rings. The van der Waals surface area contributed by atoms with Crippen molar-refractivity contribution in [3.63, 3.8) is 0 Å². The van der Waals surface area contributed by atoms with Crippen molar-refractivity contribution < 1.29 is 18.0 Å². The summed E-state index contributed by atoms with van der Waals surface area (Å²) < 4.78 is 26.9. The number of likely N-dealkylation sites (N-methyl/N-ethyl adjacent to an activating group) is 1. The first-order chi connectivity index (χ1) is 17.9. The Morgan fingerprint density at radius 2 is 1.82 bits per heavy atom. The van der Waals surface area contributed by atoms with Crippen LogP contribution in [-0.4, -0.2) is 47.8 Å². The van der Waals surface area contributed by atoms with Gasteiger partial charge in [-0.3, -0.25) is 9.59 Å². The number of hydrogen-bond donors (Lipinski definition) is 0. The lowest BCUT2D eigenvalue weighted by Crippen LogP contribution is -2.59. The highest BCUT2D eigenvalue weighted by molar-refractivity contribution is 7.90. The third-order valence-electron chi connectivity index (χ3n) is 7.83. The summed E-state index contributed by atoms with van der Waals surface area (Å²) in [6, 6.07) is 13.3. The smallest absolute Gasteiger partial charge is 0.258 e. The molecule has 1 saturated heterocycles. The fourth-order valence-electron chi connectivity index (χ4n) is 5.65. The number of sulfonamides is 1. The first-order valence-electron chi connectivity index (χ1n) is 12.9. The van der Waals surface area contributed by atoms with Gasteiger partial charge in [0.1, 0.15) is 6.04 Å². The summed E-state index contributed by atoms with van der Waals surface area (Å²) in [7, 11) is -2.47. The lowest BCUT2D eigenvalue weighted by atomic mass is 9.67. The summed E-state index contributed by atoms with van der Waals surface area (Å²) in [5.74, 6) is -1.02. The van der Waals surface area contributed by atoms with Gasteiger partial charge in [-0.2, -0.15) is 0 Å². The first kappa shape index (κ1) is 28.7. The van der Waals surface area contributed by atoms with Crippen molar-refractivity contribution in [2.45, 2.75) is 69.2 Å². The van der Waals surface area contributed by atoms with Gasteiger partial charge in [0.15, 0.2) is 0 Å². The number of hydrogen-bond acceptors (Lipinski definition) is 4. The highest BCUT2D eigenvalue weighted by Gasteiger charge is 2.53. The predicted molar refractivity (Wildman–Crippen MR) is 152 cm³/mol. The highest BCUT2D eigenvalue weighted by Crippen LogP contribution is 2.52. The Morgan fingerprint density at radius 1 is 1.16 bits per heavy atom. The average molecular weight is 578 g/mol. The summed E-state index contributed by atoms with van der Waals surface area (Å²) >= 11 is 12.6. The highest BCUT2D eigenvalue weighted by atomic mass is 35.5. The third-order valence-corrected chi connectivity index (χ3v) is 10.6. The number of halogens is 2. The van der Waals surface area contributed by atoms with E-state index in [4.69, 9.17) is 23.2 Å². The van der Waals surface area contributed by atoms with Gasteiger partial charge < -0.3 is 4.90 Å². The van der Waals surface area contributed by atoms with Gasteiger partial charge in [0.2, 0.25) is 15.9 Å². The Bertz CT molecular complexity index is 1330. The van der Waals surface area contributed by atoms with E-state index in [1.54, 1.807) is 36.1 Å². The minimum Gasteiger partial charge on any atom is -0.322 e. The Hall–Kier alpha value is -2.35. The van der Waals surface area contributed by atoms with Crippen molar-refractivity contribution >= 4 is 45.0 Å². The minimum atomic E-state index is -3.78. The van der Waals surface area contributed by atoms with Crippen molar-refractivity contribution in [2.24, 2.45) is 5.41 Å². The molecular formula is C29H34Cl2N2O4S. The molecule has 0 spiro atoms. The first-order valence-corrected chi connectivity index (χ1v) is 15.2. The molecule has 0 aromatic heterocycles. The molecule has 204 valence electrons. The molecule has 1 aliphatic carbocycles. The van der Waals surface area contributed by atoms with Crippen molar-refractivity contribution in [1.82, 2.24) is 9.21 Å². The molecule has 2 aromatic carbocycles. The van der Waals surface area contributed by atoms with Crippen LogP contribution in [0.25, 0.3) is 0 Å². The number of carbonyl (C=O) groups excluding carboxylic acids is 2. The number of nitrogens with zero attached hydrogens (tertiary/aromatic N) is 2. The Morgan fingerprint density at radius 3 is 2.37 bits per heavy atom. The number of amides is 2. The fraction of sp³-hybridized carbons (Fsp3) is 0.448. The van der Waals surface area contributed by atoms with E-state index in [2.05, 4.69) is 6.58 Å². The van der Waals surface area contributed by atoms with Crippen LogP contribution in [0.2, 0.25) is 10.0 Å². The van der Waals surface area contributed by atoms with Crippen LogP contribution in [0, 0.1) is 5.41 Å². The summed E-state index contributed by atoms with van der Waals surface area (Å²) in [5, 5.41) is 0.588. The monoisotopic (exact) mass is 576 g/mol. The SMILES string of the molecule is C=CCC1(C)CC(c2cccc(Cl)c2)C(c2ccc(Cl)cc2)N(C(CC)C(=O)N(C)S(=O)(=O)C2CC2)C1=O. The normalized spacial score (nSPS) is 24.7. The second-order valence-corrected chi connectivity index (χ2v) is 13.7. The molecule has 0 radical (unpaired) electrons. The quantitative estimate of drug-likeness (QED) is 0.325. The lowest BCUT2D eigenvalue weighted by molar-refractivity contribution is -0.159. The molecule has 1 heterocycles. The molecule has 0 N–H and O–H groups in total. The van der Waals surface area contributed by atoms with Gasteiger partial charge in [-0.25, -0.2) is 12.7 Å². The molecule has 0 bridgehead atoms. The van der Waals surface area contributed by atoms with Crippen molar-refractivity contribution in [1.29, 1.82) is 0 Å². The summed E-state index contributed by atoms with van der Waals surface area (Å²) in [6.45, 7) is 7.58. The molecule has 2 aliphatic rings. The van der Waals surface area contributed by atoms with Crippen LogP contribution in [0.3, 0.4) is 0 Å². The van der Waals surface area contributed by atoms with Crippen molar-refractivity contribution in [3.8, 4) is 0 Å². The molecule has 2 amide bonds. The van der Waals surface area contributed by atoms with E-state index < -0.39 is 38.7 Å². The van der Waals surface area contributed by atoms with Crippen LogP contribution in [0.4, 0.5) is 0 Å². The summed E-state index contributed by atoms with van der Waals surface area (Å²) in [4.78, 5) is 29.9. The molecule has 4 unspecified atom stereocenters. The number of allylic oxidation sites excluding steroid dienone is 1. The zero-order chi connectivity index (χ0) is 27.8. The molecule has 9 heteroatoms. The van der Waals surface area contributed by atoms with Gasteiger partial charge in [0.05, 0.1) is 16.7 Å². The summed E-state index contributed by atoms with van der Waals surface area (Å²) in [5.41, 5.74) is 0.901. The maximum Gasteiger partial charge on any atom is 0.258 e. The summed E-state index contributed by atoms with van der Waals surface area (Å²) in [6.07, 6.45) is 3.98. The third kappa shape index (κ3) is 5.38. The van der Waals surface area contributed by atoms with Crippen molar-refractivity contribution in [3.05, 3.63) is 82.4 Å². The Balaban J connectivity index is 1.90. The van der Waals surface area contributed by atoms with E-state index >= 15 is 0 Å². The molecule has 6 nitrogen and oxygen atoms in total. The number of likely N-dealkylation sites (tertiary alicyclic amines) is 1. The van der Waals surface area contributed by atoms with Gasteiger partial charge in [0, 0.05) is 23.0 Å². The van der Waals surface area contributed by atoms with E-state index in [0.717, 1.165) is 15.4 Å². The second kappa shape index (κ2) is 11.0. The maximum atomic E-state index is 14.4. The van der Waals surface area contributed by atoms with E-state index in [1.807, 2.05) is 37.3 Å². The van der Waals surface area contributed by atoms with Crippen LogP contribution in [0.1, 0.15) is 69.0 Å². The van der Waals surface area contributed by atoms with E-state index in [1.165, 1.54) is 7.05 Å². The van der Waals surface area contributed by atoms with Crippen LogP contribution >= 0.6 is 23.2 Å². The van der Waals surface area contributed by atoms with Gasteiger partial charge in [0.25, 0.3) is 5.91 Å². The van der Waals surface area contributed by atoms with E-state index in [9.17, 15) is 18.0 Å². The number of piperidine rings is 1. The fourth-order valence-corrected chi connectivity index (χ4v) is 7.52. The Labute approximate surface area is 235 Å². The van der Waals surface area contributed by atoms with Gasteiger partial charge in [-0.05, 0) is 67.5 Å². The topological polar surface area (TPSA) is 74.8 Å². The molecule has 2 aromatic rings. The molecule has 1 aliphatic heterocycles. The van der Waals surface area contributed by atoms with Crippen LogP contribution in [0.5, 0.6) is 0 Å². The van der Waals surface area contributed by atoms with Crippen LogP contribution in [-0.2, 0) is 19.6 Å². The van der Waals surface area contributed by atoms with E-state index in [-0.39, 0.29) is 18.2 Å². The molecule has 38 heavy (non-hydrogen) atoms. The largest absolute Gasteiger partial charge is 0.322 e. The zero-order valence-electron chi connectivity index (χ0n) is 21.9. The van der Waals surface area contributed by atoms with Gasteiger partial charge >= 0.3 is 0 Å². The lowest BCUT2D eigenvalue weighted by Gasteiger charge is -2.51. The second-order valence-electron chi connectivity index (χ2n) is 10.6. The van der Waals surface area contributed by atoms with Crippen LogP contribution in [0.15, 0.2) is 61.2 Å². The standard InChI is InChI=1S/C29H34Cl2N2O4S/c1-5-16-29(3)18-24(20-8-7-9-22(31)17-20)26(19-10-12-21(30)13-11-19)33(28(29)35)25(6-2)27(34)32(4)38(36,37)23-14-15-23/h5,7-13,17,23-26H,1,6,14-16,18H2,2-4H3. The molecular weight excluding hydrogens is 543 g/mol.